The largest absolute Gasteiger partial charge is 0.376 e. The monoisotopic (exact) mass is 418 g/mol. The van der Waals surface area contributed by atoms with Crippen LogP contribution < -0.4 is 10.0 Å². The number of ether oxygens (including phenoxy) is 1. The number of amides is 1. The highest BCUT2D eigenvalue weighted by Crippen LogP contribution is 2.48. The molecule has 2 fully saturated rings. The van der Waals surface area contributed by atoms with Crippen molar-refractivity contribution in [3.63, 3.8) is 0 Å². The first-order valence-corrected chi connectivity index (χ1v) is 11.2. The number of hydrogen-bond donors (Lipinski definition) is 2. The predicted molar refractivity (Wildman–Crippen MR) is 107 cm³/mol. The van der Waals surface area contributed by atoms with Crippen LogP contribution in [0.2, 0.25) is 0 Å². The number of carbonyl (C=O) groups excluding carboxylic acids is 1. The zero-order valence-electron chi connectivity index (χ0n) is 15.9. The zero-order chi connectivity index (χ0) is 20.5. The molecule has 4 rings (SSSR count). The van der Waals surface area contributed by atoms with Crippen LogP contribution >= 0.6 is 0 Å². The summed E-state index contributed by atoms with van der Waals surface area (Å²) in [5.41, 5.74) is 0.716. The van der Waals surface area contributed by atoms with Crippen molar-refractivity contribution in [2.24, 2.45) is 0 Å². The van der Waals surface area contributed by atoms with Crippen molar-refractivity contribution in [3.05, 3.63) is 59.9 Å². The molecule has 2 aliphatic rings. The average Bonchev–Trinajstić information content (AvgIpc) is 3.35. The molecule has 1 saturated carbocycles. The number of anilines is 1. The molecule has 1 atom stereocenters. The Kier molecular flexibility index (Phi) is 5.31. The normalized spacial score (nSPS) is 20.2. The number of nitrogens with one attached hydrogen (secondary N) is 2. The molecule has 0 spiro atoms. The van der Waals surface area contributed by atoms with E-state index < -0.39 is 21.3 Å². The molecule has 29 heavy (non-hydrogen) atoms. The van der Waals surface area contributed by atoms with Gasteiger partial charge in [-0.1, -0.05) is 12.1 Å². The van der Waals surface area contributed by atoms with Gasteiger partial charge in [-0.05, 0) is 67.6 Å². The fourth-order valence-corrected chi connectivity index (χ4v) is 4.70. The quantitative estimate of drug-likeness (QED) is 0.724. The number of rotatable bonds is 7. The van der Waals surface area contributed by atoms with Crippen molar-refractivity contribution in [1.82, 2.24) is 5.32 Å². The lowest BCUT2D eigenvalue weighted by atomic mass is 9.94. The Balaban J connectivity index is 1.42. The van der Waals surface area contributed by atoms with Gasteiger partial charge in [-0.2, -0.15) is 0 Å². The highest BCUT2D eigenvalue weighted by Gasteiger charge is 2.51. The Bertz CT molecular complexity index is 980. The molecule has 154 valence electrons. The smallest absolute Gasteiger partial charge is 0.261 e. The maximum atomic E-state index is 13.0. The van der Waals surface area contributed by atoms with Crippen LogP contribution in [0.25, 0.3) is 0 Å². The van der Waals surface area contributed by atoms with Gasteiger partial charge < -0.3 is 10.1 Å². The van der Waals surface area contributed by atoms with Gasteiger partial charge in [0.1, 0.15) is 5.82 Å². The molecule has 1 amide bonds. The predicted octanol–water partition coefficient (Wildman–Crippen LogP) is 2.95. The van der Waals surface area contributed by atoms with Crippen molar-refractivity contribution in [3.8, 4) is 0 Å². The minimum Gasteiger partial charge on any atom is -0.376 e. The van der Waals surface area contributed by atoms with Crippen LogP contribution in [0.1, 0.15) is 31.2 Å². The standard InChI is InChI=1S/C21H23FN2O4S/c22-16-5-9-19(10-6-16)29(26,27)24-17-7-3-15(4-8-17)21(11-12-21)20(25)23-14-18-2-1-13-28-18/h3-10,18,24H,1-2,11-14H2,(H,23,25). The topological polar surface area (TPSA) is 84.5 Å². The van der Waals surface area contributed by atoms with Gasteiger partial charge in [0.15, 0.2) is 0 Å². The van der Waals surface area contributed by atoms with Crippen LogP contribution in [0.3, 0.4) is 0 Å². The minimum absolute atomic E-state index is 0.00681. The number of carbonyl (C=O) groups is 1. The fraction of sp³-hybridized carbons (Fsp3) is 0.381. The summed E-state index contributed by atoms with van der Waals surface area (Å²) in [6, 6.07) is 11.5. The van der Waals surface area contributed by atoms with Gasteiger partial charge >= 0.3 is 0 Å². The van der Waals surface area contributed by atoms with Gasteiger partial charge in [-0.3, -0.25) is 9.52 Å². The fourth-order valence-electron chi connectivity index (χ4n) is 3.64. The van der Waals surface area contributed by atoms with Crippen LogP contribution in [0.15, 0.2) is 53.4 Å². The van der Waals surface area contributed by atoms with E-state index in [1.54, 1.807) is 24.3 Å². The molecule has 1 saturated heterocycles. The second kappa shape index (κ2) is 7.76. The van der Waals surface area contributed by atoms with Gasteiger partial charge in [0, 0.05) is 18.8 Å². The SMILES string of the molecule is O=C(NCC1CCCO1)C1(c2ccc(NS(=O)(=O)c3ccc(F)cc3)cc2)CC1. The van der Waals surface area contributed by atoms with E-state index in [-0.39, 0.29) is 16.9 Å². The third kappa shape index (κ3) is 4.28. The van der Waals surface area contributed by atoms with E-state index in [4.69, 9.17) is 4.74 Å². The van der Waals surface area contributed by atoms with Crippen molar-refractivity contribution in [1.29, 1.82) is 0 Å². The summed E-state index contributed by atoms with van der Waals surface area (Å²) >= 11 is 0. The van der Waals surface area contributed by atoms with E-state index in [9.17, 15) is 17.6 Å². The van der Waals surface area contributed by atoms with Gasteiger partial charge in [-0.15, -0.1) is 0 Å². The van der Waals surface area contributed by atoms with E-state index >= 15 is 0 Å². The Morgan fingerprint density at radius 2 is 1.79 bits per heavy atom. The third-order valence-corrected chi connectivity index (χ3v) is 6.91. The maximum absolute atomic E-state index is 13.0. The summed E-state index contributed by atoms with van der Waals surface area (Å²) in [5.74, 6) is -0.506. The van der Waals surface area contributed by atoms with Gasteiger partial charge in [0.25, 0.3) is 10.0 Å². The zero-order valence-corrected chi connectivity index (χ0v) is 16.7. The third-order valence-electron chi connectivity index (χ3n) is 5.51. The molecular weight excluding hydrogens is 395 g/mol. The van der Waals surface area contributed by atoms with E-state index in [0.717, 1.165) is 50.0 Å². The summed E-state index contributed by atoms with van der Waals surface area (Å²) in [5, 5.41) is 3.00. The molecule has 0 radical (unpaired) electrons. The van der Waals surface area contributed by atoms with Crippen LogP contribution in [0.5, 0.6) is 0 Å². The molecule has 1 aliphatic heterocycles. The Morgan fingerprint density at radius 1 is 1.10 bits per heavy atom. The summed E-state index contributed by atoms with van der Waals surface area (Å²) in [6.45, 7) is 1.27. The van der Waals surface area contributed by atoms with Gasteiger partial charge in [0.2, 0.25) is 5.91 Å². The number of sulfonamides is 1. The lowest BCUT2D eigenvalue weighted by molar-refractivity contribution is -0.124. The molecule has 0 aromatic heterocycles. The molecule has 8 heteroatoms. The second-order valence-corrected chi connectivity index (χ2v) is 9.25. The molecule has 0 bridgehead atoms. The van der Waals surface area contributed by atoms with Gasteiger partial charge in [-0.25, -0.2) is 12.8 Å². The van der Waals surface area contributed by atoms with Gasteiger partial charge in [0.05, 0.1) is 16.4 Å². The highest BCUT2D eigenvalue weighted by molar-refractivity contribution is 7.92. The van der Waals surface area contributed by atoms with Crippen molar-refractivity contribution >= 4 is 21.6 Å². The van der Waals surface area contributed by atoms with Crippen LogP contribution in [-0.4, -0.2) is 33.6 Å². The Hall–Kier alpha value is -2.45. The first-order chi connectivity index (χ1) is 13.9. The van der Waals surface area contributed by atoms with Crippen LogP contribution in [0.4, 0.5) is 10.1 Å². The first kappa shape index (κ1) is 19.8. The van der Waals surface area contributed by atoms with Crippen molar-refractivity contribution in [2.45, 2.75) is 42.1 Å². The molecular formula is C21H23FN2O4S. The Labute approximate surface area is 169 Å². The molecule has 2 N–H and O–H groups in total. The second-order valence-electron chi connectivity index (χ2n) is 7.56. The van der Waals surface area contributed by atoms with E-state index in [2.05, 4.69) is 10.0 Å². The molecule has 1 aliphatic carbocycles. The molecule has 1 heterocycles. The average molecular weight is 418 g/mol. The molecule has 2 aromatic rings. The molecule has 1 unspecified atom stereocenters. The van der Waals surface area contributed by atoms with Crippen molar-refractivity contribution < 1.29 is 22.3 Å². The maximum Gasteiger partial charge on any atom is 0.261 e. The number of halogens is 1. The summed E-state index contributed by atoms with van der Waals surface area (Å²) in [4.78, 5) is 12.7. The first-order valence-electron chi connectivity index (χ1n) is 9.68. The number of hydrogen-bond acceptors (Lipinski definition) is 4. The lowest BCUT2D eigenvalue weighted by Gasteiger charge is -2.18. The van der Waals surface area contributed by atoms with E-state index in [1.807, 2.05) is 0 Å². The minimum atomic E-state index is -3.81. The number of benzene rings is 2. The van der Waals surface area contributed by atoms with E-state index in [1.165, 1.54) is 12.1 Å². The summed E-state index contributed by atoms with van der Waals surface area (Å²) < 4.78 is 45.9. The Morgan fingerprint density at radius 3 is 2.38 bits per heavy atom. The van der Waals surface area contributed by atoms with Crippen molar-refractivity contribution in [2.75, 3.05) is 17.9 Å². The van der Waals surface area contributed by atoms with Crippen LogP contribution in [0, 0.1) is 5.82 Å². The highest BCUT2D eigenvalue weighted by atomic mass is 32.2. The lowest BCUT2D eigenvalue weighted by Crippen LogP contribution is -2.39. The molecule has 6 nitrogen and oxygen atoms in total. The summed E-state index contributed by atoms with van der Waals surface area (Å²) in [6.07, 6.45) is 3.63. The molecule has 2 aromatic carbocycles. The van der Waals surface area contributed by atoms with E-state index in [0.29, 0.717) is 12.2 Å². The van der Waals surface area contributed by atoms with Crippen LogP contribution in [-0.2, 0) is 25.0 Å². The summed E-state index contributed by atoms with van der Waals surface area (Å²) in [7, 11) is -3.81.